The number of carbonyl (C=O) groups excluding carboxylic acids is 2. The quantitative estimate of drug-likeness (QED) is 0.712. The van der Waals surface area contributed by atoms with Crippen LogP contribution in [0.1, 0.15) is 28.6 Å². The van der Waals surface area contributed by atoms with E-state index in [1.54, 1.807) is 31.2 Å². The third-order valence-electron chi connectivity index (χ3n) is 4.55. The standard InChI is InChI=1S/C21H18N2O5/c1-10-6-11(2)19-14(7-10)16(24)9-18(28-19)21(26)22-13-4-5-17-15(8-13)23-20(25)12(3)27-17/h4-9,12H,1-3H3,(H,22,26)(H,23,25)/t12-/m0/s1. The predicted octanol–water partition coefficient (Wildman–Crippen LogP) is 3.38. The van der Waals surface area contributed by atoms with E-state index in [0.29, 0.717) is 28.1 Å². The first-order chi connectivity index (χ1) is 13.3. The molecule has 0 radical (unpaired) electrons. The summed E-state index contributed by atoms with van der Waals surface area (Å²) in [6, 6.07) is 9.70. The van der Waals surface area contributed by atoms with E-state index in [1.165, 1.54) is 6.07 Å². The van der Waals surface area contributed by atoms with Crippen LogP contribution in [0, 0.1) is 13.8 Å². The summed E-state index contributed by atoms with van der Waals surface area (Å²) >= 11 is 0. The van der Waals surface area contributed by atoms with Crippen molar-refractivity contribution < 1.29 is 18.7 Å². The number of amides is 2. The van der Waals surface area contributed by atoms with E-state index in [9.17, 15) is 14.4 Å². The summed E-state index contributed by atoms with van der Waals surface area (Å²) in [5.41, 5.74) is 2.74. The average Bonchev–Trinajstić information content (AvgIpc) is 2.63. The Morgan fingerprint density at radius 1 is 1.11 bits per heavy atom. The summed E-state index contributed by atoms with van der Waals surface area (Å²) in [4.78, 5) is 36.8. The second kappa shape index (κ2) is 6.53. The lowest BCUT2D eigenvalue weighted by Crippen LogP contribution is -2.34. The van der Waals surface area contributed by atoms with Crippen LogP contribution >= 0.6 is 0 Å². The first-order valence-corrected chi connectivity index (χ1v) is 8.80. The van der Waals surface area contributed by atoms with E-state index in [4.69, 9.17) is 9.15 Å². The van der Waals surface area contributed by atoms with Crippen LogP contribution in [0.15, 0.2) is 45.6 Å². The van der Waals surface area contributed by atoms with Crippen LogP contribution in [0.4, 0.5) is 11.4 Å². The minimum Gasteiger partial charge on any atom is -0.479 e. The van der Waals surface area contributed by atoms with Crippen molar-refractivity contribution in [3.8, 4) is 5.75 Å². The van der Waals surface area contributed by atoms with Crippen LogP contribution in [0.3, 0.4) is 0 Å². The Labute approximate surface area is 160 Å². The zero-order valence-electron chi connectivity index (χ0n) is 15.6. The Morgan fingerprint density at radius 2 is 1.89 bits per heavy atom. The zero-order valence-corrected chi connectivity index (χ0v) is 15.6. The molecule has 7 heteroatoms. The Bertz CT molecular complexity index is 1200. The third kappa shape index (κ3) is 3.11. The molecule has 2 aromatic carbocycles. The first kappa shape index (κ1) is 17.8. The van der Waals surface area contributed by atoms with Gasteiger partial charge >= 0.3 is 0 Å². The fourth-order valence-corrected chi connectivity index (χ4v) is 3.20. The molecule has 2 amide bonds. The number of aryl methyl sites for hydroxylation is 2. The summed E-state index contributed by atoms with van der Waals surface area (Å²) in [5, 5.41) is 5.84. The van der Waals surface area contributed by atoms with Crippen molar-refractivity contribution in [2.75, 3.05) is 10.6 Å². The number of nitrogens with one attached hydrogen (secondary N) is 2. The Hall–Kier alpha value is -3.61. The Morgan fingerprint density at radius 3 is 2.68 bits per heavy atom. The highest BCUT2D eigenvalue weighted by atomic mass is 16.5. The summed E-state index contributed by atoms with van der Waals surface area (Å²) < 4.78 is 11.2. The van der Waals surface area contributed by atoms with Crippen molar-refractivity contribution in [3.63, 3.8) is 0 Å². The normalized spacial score (nSPS) is 15.5. The van der Waals surface area contributed by atoms with Crippen LogP contribution in [-0.4, -0.2) is 17.9 Å². The van der Waals surface area contributed by atoms with Gasteiger partial charge in [-0.25, -0.2) is 0 Å². The van der Waals surface area contributed by atoms with Gasteiger partial charge in [-0.05, 0) is 56.2 Å². The number of ether oxygens (including phenoxy) is 1. The summed E-state index contributed by atoms with van der Waals surface area (Å²) in [6.07, 6.45) is -0.577. The van der Waals surface area contributed by atoms with Gasteiger partial charge in [-0.15, -0.1) is 0 Å². The largest absolute Gasteiger partial charge is 0.479 e. The van der Waals surface area contributed by atoms with E-state index in [0.717, 1.165) is 11.1 Å². The number of hydrogen-bond donors (Lipinski definition) is 2. The summed E-state index contributed by atoms with van der Waals surface area (Å²) in [6.45, 7) is 5.37. The van der Waals surface area contributed by atoms with Crippen molar-refractivity contribution >= 4 is 34.2 Å². The van der Waals surface area contributed by atoms with E-state index >= 15 is 0 Å². The monoisotopic (exact) mass is 378 g/mol. The van der Waals surface area contributed by atoms with E-state index in [2.05, 4.69) is 10.6 Å². The molecule has 28 heavy (non-hydrogen) atoms. The van der Waals surface area contributed by atoms with Crippen molar-refractivity contribution in [2.45, 2.75) is 26.9 Å². The lowest BCUT2D eigenvalue weighted by molar-refractivity contribution is -0.122. The van der Waals surface area contributed by atoms with Gasteiger partial charge in [0.1, 0.15) is 11.3 Å². The van der Waals surface area contributed by atoms with Crippen LogP contribution in [0.2, 0.25) is 0 Å². The lowest BCUT2D eigenvalue weighted by atomic mass is 10.1. The smallest absolute Gasteiger partial charge is 0.291 e. The molecule has 1 atom stereocenters. The minimum absolute atomic E-state index is 0.0870. The molecule has 4 rings (SSSR count). The number of rotatable bonds is 2. The molecule has 142 valence electrons. The highest BCUT2D eigenvalue weighted by Crippen LogP contribution is 2.32. The van der Waals surface area contributed by atoms with Crippen molar-refractivity contribution in [2.24, 2.45) is 0 Å². The van der Waals surface area contributed by atoms with Gasteiger partial charge in [-0.2, -0.15) is 0 Å². The molecule has 1 aliphatic rings. The molecule has 7 nitrogen and oxygen atoms in total. The summed E-state index contributed by atoms with van der Waals surface area (Å²) in [5.74, 6) is -0.387. The number of fused-ring (bicyclic) bond motifs is 2. The van der Waals surface area contributed by atoms with Gasteiger partial charge in [0.2, 0.25) is 0 Å². The van der Waals surface area contributed by atoms with E-state index in [-0.39, 0.29) is 17.1 Å². The van der Waals surface area contributed by atoms with Gasteiger partial charge in [-0.1, -0.05) is 6.07 Å². The van der Waals surface area contributed by atoms with Crippen molar-refractivity contribution in [1.29, 1.82) is 0 Å². The van der Waals surface area contributed by atoms with Gasteiger partial charge in [0.15, 0.2) is 17.3 Å². The molecule has 0 saturated heterocycles. The van der Waals surface area contributed by atoms with Crippen molar-refractivity contribution in [3.05, 3.63) is 63.5 Å². The Kier molecular flexibility index (Phi) is 4.15. The molecule has 0 spiro atoms. The number of hydrogen-bond acceptors (Lipinski definition) is 5. The van der Waals surface area contributed by atoms with Gasteiger partial charge in [-0.3, -0.25) is 14.4 Å². The first-order valence-electron chi connectivity index (χ1n) is 8.80. The summed E-state index contributed by atoms with van der Waals surface area (Å²) in [7, 11) is 0. The lowest BCUT2D eigenvalue weighted by Gasteiger charge is -2.23. The Balaban J connectivity index is 1.65. The maximum absolute atomic E-state index is 12.6. The second-order valence-corrected chi connectivity index (χ2v) is 6.85. The zero-order chi connectivity index (χ0) is 20.0. The SMILES string of the molecule is Cc1cc(C)c2oc(C(=O)Nc3ccc4c(c3)NC(=O)[C@H](C)O4)cc(=O)c2c1. The van der Waals surface area contributed by atoms with Crippen molar-refractivity contribution in [1.82, 2.24) is 0 Å². The number of carbonyl (C=O) groups is 2. The molecule has 3 aromatic rings. The van der Waals surface area contributed by atoms with Gasteiger partial charge < -0.3 is 19.8 Å². The van der Waals surface area contributed by atoms with E-state index < -0.39 is 12.0 Å². The highest BCUT2D eigenvalue weighted by molar-refractivity contribution is 6.04. The second-order valence-electron chi connectivity index (χ2n) is 6.85. The average molecular weight is 378 g/mol. The molecule has 0 saturated carbocycles. The van der Waals surface area contributed by atoms with Crippen LogP contribution in [0.25, 0.3) is 11.0 Å². The van der Waals surface area contributed by atoms with Crippen LogP contribution < -0.4 is 20.8 Å². The third-order valence-corrected chi connectivity index (χ3v) is 4.55. The minimum atomic E-state index is -0.577. The fraction of sp³-hybridized carbons (Fsp3) is 0.190. The molecule has 2 heterocycles. The van der Waals surface area contributed by atoms with Crippen LogP contribution in [-0.2, 0) is 4.79 Å². The topological polar surface area (TPSA) is 97.6 Å². The fourth-order valence-electron chi connectivity index (χ4n) is 3.20. The number of benzene rings is 2. The molecule has 0 bridgehead atoms. The molecule has 0 unspecified atom stereocenters. The predicted molar refractivity (Wildman–Crippen MR) is 105 cm³/mol. The molecule has 1 aliphatic heterocycles. The maximum Gasteiger partial charge on any atom is 0.291 e. The van der Waals surface area contributed by atoms with E-state index in [1.807, 2.05) is 19.9 Å². The molecule has 2 N–H and O–H groups in total. The number of anilines is 2. The molecule has 0 aliphatic carbocycles. The molecule has 1 aromatic heterocycles. The van der Waals surface area contributed by atoms with Gasteiger partial charge in [0, 0.05) is 11.8 Å². The molecular formula is C21H18N2O5. The van der Waals surface area contributed by atoms with Crippen LogP contribution in [0.5, 0.6) is 5.75 Å². The van der Waals surface area contributed by atoms with Gasteiger partial charge in [0.25, 0.3) is 11.8 Å². The van der Waals surface area contributed by atoms with Gasteiger partial charge in [0.05, 0.1) is 11.1 Å². The highest BCUT2D eigenvalue weighted by Gasteiger charge is 2.24. The maximum atomic E-state index is 12.6. The molecular weight excluding hydrogens is 360 g/mol. The molecule has 0 fully saturated rings.